The summed E-state index contributed by atoms with van der Waals surface area (Å²) < 4.78 is 1.59. The van der Waals surface area contributed by atoms with Crippen LogP contribution >= 0.6 is 0 Å². The molecule has 2 aromatic heterocycles. The highest BCUT2D eigenvalue weighted by Crippen LogP contribution is 2.14. The maximum atomic E-state index is 11.4. The van der Waals surface area contributed by atoms with E-state index in [-0.39, 0.29) is 22.8 Å². The van der Waals surface area contributed by atoms with E-state index in [1.165, 1.54) is 6.92 Å². The minimum absolute atomic E-state index is 0.203. The van der Waals surface area contributed by atoms with Crippen molar-refractivity contribution < 1.29 is 5.11 Å². The normalized spacial score (nSPS) is 10.5. The van der Waals surface area contributed by atoms with Crippen molar-refractivity contribution in [3.63, 3.8) is 0 Å². The van der Waals surface area contributed by atoms with Gasteiger partial charge in [-0.15, -0.1) is 0 Å². The third-order valence-corrected chi connectivity index (χ3v) is 2.08. The second-order valence-corrected chi connectivity index (χ2v) is 3.24. The minimum atomic E-state index is -0.358. The molecular formula is C9H10N4O2. The Labute approximate surface area is 85.2 Å². The average Bonchev–Trinajstić information content (AvgIpc) is 2.60. The van der Waals surface area contributed by atoms with Crippen LogP contribution < -0.4 is 5.56 Å². The summed E-state index contributed by atoms with van der Waals surface area (Å²) in [5.74, 6) is 0.00287. The monoisotopic (exact) mass is 206 g/mol. The lowest BCUT2D eigenvalue weighted by Crippen LogP contribution is -2.12. The van der Waals surface area contributed by atoms with E-state index < -0.39 is 0 Å². The molecule has 0 amide bonds. The van der Waals surface area contributed by atoms with Gasteiger partial charge in [-0.2, -0.15) is 10.1 Å². The molecule has 0 radical (unpaired) electrons. The molecule has 0 atom stereocenters. The van der Waals surface area contributed by atoms with Crippen molar-refractivity contribution in [3.05, 3.63) is 28.2 Å². The zero-order valence-electron chi connectivity index (χ0n) is 8.35. The van der Waals surface area contributed by atoms with E-state index in [1.807, 2.05) is 0 Å². The van der Waals surface area contributed by atoms with Crippen LogP contribution in [-0.4, -0.2) is 24.9 Å². The molecule has 6 heteroatoms. The Morgan fingerprint density at radius 2 is 2.27 bits per heavy atom. The first kappa shape index (κ1) is 9.45. The molecule has 0 aliphatic rings. The van der Waals surface area contributed by atoms with Crippen LogP contribution in [0.25, 0.3) is 11.5 Å². The van der Waals surface area contributed by atoms with Gasteiger partial charge in [-0.3, -0.25) is 9.48 Å². The summed E-state index contributed by atoms with van der Waals surface area (Å²) in [6, 6.07) is 1.70. The Morgan fingerprint density at radius 1 is 1.53 bits per heavy atom. The zero-order valence-corrected chi connectivity index (χ0v) is 8.35. The predicted octanol–water partition coefficient (Wildman–Crippen LogP) is 0.184. The molecule has 15 heavy (non-hydrogen) atoms. The van der Waals surface area contributed by atoms with Gasteiger partial charge >= 0.3 is 0 Å². The summed E-state index contributed by atoms with van der Waals surface area (Å²) in [6.07, 6.45) is 1.73. The van der Waals surface area contributed by atoms with Gasteiger partial charge in [-0.25, -0.2) is 0 Å². The number of hydrogen-bond donors (Lipinski definition) is 2. The Balaban J connectivity index is 2.60. The summed E-state index contributed by atoms with van der Waals surface area (Å²) >= 11 is 0. The Hall–Kier alpha value is -2.11. The summed E-state index contributed by atoms with van der Waals surface area (Å²) in [5.41, 5.74) is 0.364. The van der Waals surface area contributed by atoms with Gasteiger partial charge in [-0.05, 0) is 13.0 Å². The molecule has 0 unspecified atom stereocenters. The number of aryl methyl sites for hydroxylation is 1. The van der Waals surface area contributed by atoms with Gasteiger partial charge in [0.15, 0.2) is 5.82 Å². The van der Waals surface area contributed by atoms with Crippen molar-refractivity contribution in [1.82, 2.24) is 19.7 Å². The minimum Gasteiger partial charge on any atom is -0.493 e. The molecule has 0 aliphatic carbocycles. The van der Waals surface area contributed by atoms with Crippen molar-refractivity contribution in [2.45, 2.75) is 6.92 Å². The van der Waals surface area contributed by atoms with Crippen LogP contribution in [0.2, 0.25) is 0 Å². The van der Waals surface area contributed by atoms with Gasteiger partial charge in [0.1, 0.15) is 5.69 Å². The van der Waals surface area contributed by atoms with Gasteiger partial charge in [0, 0.05) is 13.2 Å². The number of rotatable bonds is 1. The van der Waals surface area contributed by atoms with E-state index in [4.69, 9.17) is 0 Å². The Kier molecular flexibility index (Phi) is 2.03. The summed E-state index contributed by atoms with van der Waals surface area (Å²) in [6.45, 7) is 1.50. The van der Waals surface area contributed by atoms with Gasteiger partial charge in [0.2, 0.25) is 5.88 Å². The molecule has 2 N–H and O–H groups in total. The first-order valence-electron chi connectivity index (χ1n) is 4.38. The fraction of sp³-hybridized carbons (Fsp3) is 0.222. The van der Waals surface area contributed by atoms with E-state index in [9.17, 15) is 9.90 Å². The molecule has 0 saturated heterocycles. The second-order valence-electron chi connectivity index (χ2n) is 3.24. The fourth-order valence-corrected chi connectivity index (χ4v) is 1.18. The van der Waals surface area contributed by atoms with E-state index in [1.54, 1.807) is 24.0 Å². The predicted molar refractivity (Wildman–Crippen MR) is 53.5 cm³/mol. The number of aromatic amines is 1. The molecule has 2 aromatic rings. The Morgan fingerprint density at radius 3 is 2.80 bits per heavy atom. The SMILES string of the molecule is Cc1c(O)nc(-c2ccn(C)n2)[nH]c1=O. The number of aromatic nitrogens is 4. The van der Waals surface area contributed by atoms with Crippen molar-refractivity contribution in [3.8, 4) is 17.4 Å². The topological polar surface area (TPSA) is 83.8 Å². The molecule has 2 heterocycles. The largest absolute Gasteiger partial charge is 0.493 e. The standard InChI is InChI=1S/C9H10N4O2/c1-5-8(14)10-7(11-9(5)15)6-3-4-13(2)12-6/h3-4H,1-2H3,(H2,10,11,14,15). The highest BCUT2D eigenvalue weighted by molar-refractivity contribution is 5.49. The first-order valence-corrected chi connectivity index (χ1v) is 4.38. The van der Waals surface area contributed by atoms with Gasteiger partial charge in [0.25, 0.3) is 5.56 Å². The summed E-state index contributed by atoms with van der Waals surface area (Å²) in [5, 5.41) is 13.4. The average molecular weight is 206 g/mol. The third kappa shape index (κ3) is 1.61. The number of hydrogen-bond acceptors (Lipinski definition) is 4. The highest BCUT2D eigenvalue weighted by atomic mass is 16.3. The van der Waals surface area contributed by atoms with Gasteiger partial charge in [-0.1, -0.05) is 0 Å². The molecule has 0 spiro atoms. The van der Waals surface area contributed by atoms with Crippen molar-refractivity contribution in [2.24, 2.45) is 7.05 Å². The number of nitrogens with one attached hydrogen (secondary N) is 1. The van der Waals surface area contributed by atoms with E-state index in [0.29, 0.717) is 5.69 Å². The molecule has 0 saturated carbocycles. The molecule has 78 valence electrons. The van der Waals surface area contributed by atoms with E-state index in [0.717, 1.165) is 0 Å². The fourth-order valence-electron chi connectivity index (χ4n) is 1.18. The van der Waals surface area contributed by atoms with Gasteiger partial charge < -0.3 is 10.1 Å². The highest BCUT2D eigenvalue weighted by Gasteiger charge is 2.09. The van der Waals surface area contributed by atoms with Gasteiger partial charge in [0.05, 0.1) is 5.56 Å². The van der Waals surface area contributed by atoms with Crippen molar-refractivity contribution >= 4 is 0 Å². The lowest BCUT2D eigenvalue weighted by Gasteiger charge is -1.99. The lowest BCUT2D eigenvalue weighted by atomic mass is 10.3. The maximum Gasteiger partial charge on any atom is 0.257 e. The van der Waals surface area contributed by atoms with Crippen LogP contribution in [0, 0.1) is 6.92 Å². The smallest absolute Gasteiger partial charge is 0.257 e. The number of nitrogens with zero attached hydrogens (tertiary/aromatic N) is 3. The number of H-pyrrole nitrogens is 1. The molecule has 0 aliphatic heterocycles. The quantitative estimate of drug-likeness (QED) is 0.697. The lowest BCUT2D eigenvalue weighted by molar-refractivity contribution is 0.447. The first-order chi connectivity index (χ1) is 7.08. The van der Waals surface area contributed by atoms with Crippen LogP contribution in [0.15, 0.2) is 17.1 Å². The van der Waals surface area contributed by atoms with Crippen LogP contribution in [0.3, 0.4) is 0 Å². The molecule has 0 bridgehead atoms. The van der Waals surface area contributed by atoms with Crippen LogP contribution in [-0.2, 0) is 7.05 Å². The van der Waals surface area contributed by atoms with E-state index in [2.05, 4.69) is 15.1 Å². The number of aromatic hydroxyl groups is 1. The van der Waals surface area contributed by atoms with Crippen LogP contribution in [0.5, 0.6) is 5.88 Å². The third-order valence-electron chi connectivity index (χ3n) is 2.08. The summed E-state index contributed by atoms with van der Waals surface area (Å²) in [7, 11) is 1.76. The zero-order chi connectivity index (χ0) is 11.0. The second kappa shape index (κ2) is 3.23. The molecule has 0 aromatic carbocycles. The van der Waals surface area contributed by atoms with Crippen LogP contribution in [0.4, 0.5) is 0 Å². The van der Waals surface area contributed by atoms with Crippen molar-refractivity contribution in [2.75, 3.05) is 0 Å². The molecule has 2 rings (SSSR count). The van der Waals surface area contributed by atoms with Crippen molar-refractivity contribution in [1.29, 1.82) is 0 Å². The maximum absolute atomic E-state index is 11.4. The Bertz CT molecular complexity index is 555. The van der Waals surface area contributed by atoms with Crippen LogP contribution in [0.1, 0.15) is 5.56 Å². The molecule has 0 fully saturated rings. The molecule has 6 nitrogen and oxygen atoms in total. The molecular weight excluding hydrogens is 196 g/mol. The summed E-state index contributed by atoms with van der Waals surface area (Å²) in [4.78, 5) is 17.7. The van der Waals surface area contributed by atoms with E-state index >= 15 is 0 Å².